The molecule has 0 aromatic carbocycles. The summed E-state index contributed by atoms with van der Waals surface area (Å²) in [7, 11) is 1.77. The number of fused-ring (bicyclic) bond motifs is 1. The summed E-state index contributed by atoms with van der Waals surface area (Å²) in [6, 6.07) is 1.84. The summed E-state index contributed by atoms with van der Waals surface area (Å²) in [6.07, 6.45) is 8.97. The van der Waals surface area contributed by atoms with E-state index in [2.05, 4.69) is 20.2 Å². The number of carbonyl (C=O) groups is 2. The molecule has 3 heterocycles. The van der Waals surface area contributed by atoms with Gasteiger partial charge in [0, 0.05) is 43.2 Å². The van der Waals surface area contributed by atoms with E-state index in [9.17, 15) is 9.59 Å². The van der Waals surface area contributed by atoms with Crippen LogP contribution in [0.2, 0.25) is 0 Å². The molecule has 9 nitrogen and oxygen atoms in total. The molecule has 1 unspecified atom stereocenters. The number of rotatable bonds is 5. The molecule has 1 fully saturated rings. The van der Waals surface area contributed by atoms with Gasteiger partial charge in [-0.25, -0.2) is 14.8 Å². The zero-order valence-electron chi connectivity index (χ0n) is 17.2. The van der Waals surface area contributed by atoms with Gasteiger partial charge in [-0.15, -0.1) is 0 Å². The van der Waals surface area contributed by atoms with Crippen molar-refractivity contribution in [2.45, 2.75) is 57.7 Å². The van der Waals surface area contributed by atoms with Gasteiger partial charge in [0.05, 0.1) is 6.20 Å². The Balaban J connectivity index is 1.79. The lowest BCUT2D eigenvalue weighted by molar-refractivity contribution is -0.120. The first kappa shape index (κ1) is 20.1. The second-order valence-corrected chi connectivity index (χ2v) is 7.76. The first-order valence-corrected chi connectivity index (χ1v) is 10.3. The maximum atomic E-state index is 13.0. The van der Waals surface area contributed by atoms with Crippen LogP contribution in [0.3, 0.4) is 0 Å². The predicted molar refractivity (Wildman–Crippen MR) is 112 cm³/mol. The lowest BCUT2D eigenvalue weighted by Crippen LogP contribution is -2.55. The van der Waals surface area contributed by atoms with E-state index in [-0.39, 0.29) is 18.5 Å². The summed E-state index contributed by atoms with van der Waals surface area (Å²) < 4.78 is 0. The maximum Gasteiger partial charge on any atom is 0.404 e. The summed E-state index contributed by atoms with van der Waals surface area (Å²) in [5.74, 6) is 1.34. The number of likely N-dealkylation sites (N-methyl/N-ethyl adjacent to an activating group) is 1. The minimum atomic E-state index is -1.10. The molecular weight excluding hydrogens is 384 g/mol. The Hall–Kier alpha value is -3.23. The average molecular weight is 410 g/mol. The van der Waals surface area contributed by atoms with Gasteiger partial charge in [-0.1, -0.05) is 19.8 Å². The quantitative estimate of drug-likeness (QED) is 0.779. The van der Waals surface area contributed by atoms with Crippen molar-refractivity contribution in [2.24, 2.45) is 0 Å². The monoisotopic (exact) mass is 410 g/mol. The van der Waals surface area contributed by atoms with Crippen LogP contribution in [0.25, 0.3) is 11.4 Å². The third-order valence-electron chi connectivity index (χ3n) is 5.99. The smallest absolute Gasteiger partial charge is 0.404 e. The van der Waals surface area contributed by atoms with Gasteiger partial charge in [0.2, 0.25) is 5.91 Å². The molecule has 1 aliphatic carbocycles. The topological polar surface area (TPSA) is 112 Å². The zero-order valence-corrected chi connectivity index (χ0v) is 17.2. The van der Waals surface area contributed by atoms with Crippen LogP contribution in [-0.4, -0.2) is 51.2 Å². The van der Waals surface area contributed by atoms with E-state index in [1.54, 1.807) is 36.6 Å². The normalized spacial score (nSPS) is 19.1. The minimum absolute atomic E-state index is 0.0727. The molecule has 0 radical (unpaired) electrons. The Bertz CT molecular complexity index is 960. The van der Waals surface area contributed by atoms with Crippen molar-refractivity contribution in [3.8, 4) is 11.4 Å². The van der Waals surface area contributed by atoms with E-state index in [1.165, 1.54) is 0 Å². The van der Waals surface area contributed by atoms with Crippen molar-refractivity contribution in [1.82, 2.24) is 20.3 Å². The molecule has 1 aliphatic heterocycles. The van der Waals surface area contributed by atoms with E-state index in [1.807, 2.05) is 6.92 Å². The van der Waals surface area contributed by atoms with Crippen molar-refractivity contribution < 1.29 is 14.7 Å². The van der Waals surface area contributed by atoms with E-state index >= 15 is 0 Å². The highest BCUT2D eigenvalue weighted by molar-refractivity contribution is 6.04. The van der Waals surface area contributed by atoms with Crippen molar-refractivity contribution in [3.63, 3.8) is 0 Å². The first-order valence-electron chi connectivity index (χ1n) is 10.3. The Morgan fingerprint density at radius 2 is 2.07 bits per heavy atom. The highest BCUT2D eigenvalue weighted by Gasteiger charge is 2.41. The van der Waals surface area contributed by atoms with Crippen LogP contribution >= 0.6 is 0 Å². The van der Waals surface area contributed by atoms with Gasteiger partial charge < -0.3 is 20.2 Å². The molecule has 2 amide bonds. The van der Waals surface area contributed by atoms with Gasteiger partial charge in [0.15, 0.2) is 11.6 Å². The molecule has 2 aromatic heterocycles. The number of amides is 2. The summed E-state index contributed by atoms with van der Waals surface area (Å²) in [5.41, 5.74) is 2.12. The van der Waals surface area contributed by atoms with E-state index in [0.717, 1.165) is 37.1 Å². The molecule has 2 aromatic rings. The SMILES string of the molecule is CCC1C(=O)N(C)c2cnc(-c3ccncc3CNC(=O)O)nc2N1C1CCCC1. The summed E-state index contributed by atoms with van der Waals surface area (Å²) in [4.78, 5) is 41.3. The van der Waals surface area contributed by atoms with Gasteiger partial charge in [0.1, 0.15) is 11.7 Å². The van der Waals surface area contributed by atoms with Gasteiger partial charge in [-0.2, -0.15) is 0 Å². The van der Waals surface area contributed by atoms with Gasteiger partial charge in [-0.05, 0) is 25.3 Å². The average Bonchev–Trinajstić information content (AvgIpc) is 3.28. The Kier molecular flexibility index (Phi) is 5.52. The van der Waals surface area contributed by atoms with Gasteiger partial charge >= 0.3 is 6.09 Å². The Morgan fingerprint density at radius 1 is 1.30 bits per heavy atom. The van der Waals surface area contributed by atoms with Crippen LogP contribution in [0.5, 0.6) is 0 Å². The number of nitrogens with one attached hydrogen (secondary N) is 1. The molecule has 1 saturated carbocycles. The van der Waals surface area contributed by atoms with E-state index in [4.69, 9.17) is 10.1 Å². The molecular formula is C21H26N6O3. The first-order chi connectivity index (χ1) is 14.5. The Morgan fingerprint density at radius 3 is 2.77 bits per heavy atom. The number of aromatic nitrogens is 3. The van der Waals surface area contributed by atoms with Crippen molar-refractivity contribution >= 4 is 23.5 Å². The Labute approximate surface area is 175 Å². The maximum absolute atomic E-state index is 13.0. The lowest BCUT2D eigenvalue weighted by Gasteiger charge is -2.43. The number of pyridine rings is 1. The lowest BCUT2D eigenvalue weighted by atomic mass is 10.0. The van der Waals surface area contributed by atoms with Crippen LogP contribution in [0.4, 0.5) is 16.3 Å². The predicted octanol–water partition coefficient (Wildman–Crippen LogP) is 2.81. The molecule has 0 bridgehead atoms. The largest absolute Gasteiger partial charge is 0.465 e. The molecule has 2 aliphatic rings. The van der Waals surface area contributed by atoms with Gasteiger partial charge in [-0.3, -0.25) is 9.78 Å². The van der Waals surface area contributed by atoms with Crippen LogP contribution in [-0.2, 0) is 11.3 Å². The number of carboxylic acid groups (broad SMARTS) is 1. The highest BCUT2D eigenvalue weighted by Crippen LogP contribution is 2.40. The number of anilines is 2. The molecule has 4 rings (SSSR count). The van der Waals surface area contributed by atoms with Crippen LogP contribution in [0.1, 0.15) is 44.6 Å². The van der Waals surface area contributed by atoms with Crippen molar-refractivity contribution in [2.75, 3.05) is 16.8 Å². The van der Waals surface area contributed by atoms with E-state index in [0.29, 0.717) is 29.5 Å². The molecule has 30 heavy (non-hydrogen) atoms. The van der Waals surface area contributed by atoms with Crippen molar-refractivity contribution in [1.29, 1.82) is 0 Å². The summed E-state index contributed by atoms with van der Waals surface area (Å²) in [6.45, 7) is 2.14. The summed E-state index contributed by atoms with van der Waals surface area (Å²) in [5, 5.41) is 11.3. The fraction of sp³-hybridized carbons (Fsp3) is 0.476. The third kappa shape index (κ3) is 3.55. The number of hydrogen-bond donors (Lipinski definition) is 2. The number of nitrogens with zero attached hydrogens (tertiary/aromatic N) is 5. The standard InChI is InChI=1S/C21H26N6O3/c1-3-16-20(28)26(2)17-12-23-18(25-19(17)27(16)14-6-4-5-7-14)15-8-9-22-10-13(15)11-24-21(29)30/h8-10,12,14,16,24H,3-7,11H2,1-2H3,(H,29,30). The molecule has 2 N–H and O–H groups in total. The zero-order chi connectivity index (χ0) is 21.3. The highest BCUT2D eigenvalue weighted by atomic mass is 16.4. The minimum Gasteiger partial charge on any atom is -0.465 e. The second-order valence-electron chi connectivity index (χ2n) is 7.76. The summed E-state index contributed by atoms with van der Waals surface area (Å²) >= 11 is 0. The number of hydrogen-bond acceptors (Lipinski definition) is 6. The molecule has 158 valence electrons. The molecule has 1 atom stereocenters. The number of carbonyl (C=O) groups excluding carboxylic acids is 1. The van der Waals surface area contributed by atoms with E-state index < -0.39 is 6.09 Å². The fourth-order valence-electron chi connectivity index (χ4n) is 4.47. The molecule has 0 spiro atoms. The molecule has 0 saturated heterocycles. The van der Waals surface area contributed by atoms with Crippen LogP contribution in [0, 0.1) is 0 Å². The van der Waals surface area contributed by atoms with Crippen LogP contribution in [0.15, 0.2) is 24.7 Å². The van der Waals surface area contributed by atoms with Gasteiger partial charge in [0.25, 0.3) is 0 Å². The van der Waals surface area contributed by atoms with Crippen LogP contribution < -0.4 is 15.1 Å². The third-order valence-corrected chi connectivity index (χ3v) is 5.99. The second kappa shape index (κ2) is 8.25. The molecule has 9 heteroatoms. The van der Waals surface area contributed by atoms with Crippen molar-refractivity contribution in [3.05, 3.63) is 30.2 Å². The fourth-order valence-corrected chi connectivity index (χ4v) is 4.47.